The van der Waals surface area contributed by atoms with E-state index in [1.54, 1.807) is 29.5 Å². The number of thiophene rings is 1. The van der Waals surface area contributed by atoms with Crippen LogP contribution in [0.1, 0.15) is 10.4 Å². The van der Waals surface area contributed by atoms with Crippen molar-refractivity contribution in [2.24, 2.45) is 0 Å². The second-order valence-electron chi connectivity index (χ2n) is 3.50. The number of hydrogen-bond acceptors (Lipinski definition) is 3. The first kappa shape index (κ1) is 11.6. The Morgan fingerprint density at radius 1 is 1.29 bits per heavy atom. The summed E-state index contributed by atoms with van der Waals surface area (Å²) in [6, 6.07) is 11.1. The van der Waals surface area contributed by atoms with Crippen LogP contribution >= 0.6 is 11.3 Å². The third-order valence-electron chi connectivity index (χ3n) is 2.25. The summed E-state index contributed by atoms with van der Waals surface area (Å²) in [5.41, 5.74) is 1.00. The van der Waals surface area contributed by atoms with Crippen molar-refractivity contribution in [1.29, 1.82) is 0 Å². The van der Waals surface area contributed by atoms with E-state index in [-0.39, 0.29) is 5.97 Å². The molecule has 0 amide bonds. The van der Waals surface area contributed by atoms with Gasteiger partial charge < -0.3 is 4.74 Å². The first-order valence-electron chi connectivity index (χ1n) is 5.23. The number of esters is 1. The van der Waals surface area contributed by atoms with Gasteiger partial charge in [-0.05, 0) is 29.1 Å². The summed E-state index contributed by atoms with van der Waals surface area (Å²) in [5, 5.41) is 1.95. The molecule has 0 radical (unpaired) electrons. The van der Waals surface area contributed by atoms with Crippen LogP contribution in [0.5, 0.6) is 5.75 Å². The molecule has 1 aromatic heterocycles. The summed E-state index contributed by atoms with van der Waals surface area (Å²) >= 11 is 1.55. The van der Waals surface area contributed by atoms with Crippen molar-refractivity contribution in [2.75, 3.05) is 0 Å². The third-order valence-corrected chi connectivity index (χ3v) is 3.12. The third kappa shape index (κ3) is 3.29. The number of rotatable bonds is 4. The van der Waals surface area contributed by atoms with Crippen LogP contribution in [-0.4, -0.2) is 5.97 Å². The van der Waals surface area contributed by atoms with Crippen molar-refractivity contribution in [1.82, 2.24) is 0 Å². The highest BCUT2D eigenvalue weighted by Gasteiger charge is 2.06. The van der Waals surface area contributed by atoms with Gasteiger partial charge in [-0.25, -0.2) is 0 Å². The van der Waals surface area contributed by atoms with Crippen molar-refractivity contribution in [3.63, 3.8) is 0 Å². The second-order valence-corrected chi connectivity index (χ2v) is 4.54. The van der Waals surface area contributed by atoms with Gasteiger partial charge in [-0.3, -0.25) is 4.79 Å². The lowest BCUT2D eigenvalue weighted by Gasteiger charge is -2.03. The molecule has 2 rings (SSSR count). The van der Waals surface area contributed by atoms with Crippen LogP contribution in [0, 0.1) is 0 Å². The summed E-state index contributed by atoms with van der Waals surface area (Å²) in [5.74, 6) is 0.330. The maximum atomic E-state index is 11.6. The summed E-state index contributed by atoms with van der Waals surface area (Å²) in [4.78, 5) is 12.6. The molecule has 1 heterocycles. The predicted octanol–water partition coefficient (Wildman–Crippen LogP) is 3.54. The first-order valence-corrected chi connectivity index (χ1v) is 6.11. The molecule has 0 fully saturated rings. The Hall–Kier alpha value is -1.87. The van der Waals surface area contributed by atoms with Crippen molar-refractivity contribution >= 4 is 23.4 Å². The fourth-order valence-electron chi connectivity index (χ4n) is 1.39. The van der Waals surface area contributed by atoms with Crippen molar-refractivity contribution in [3.05, 3.63) is 58.8 Å². The maximum absolute atomic E-state index is 11.6. The van der Waals surface area contributed by atoms with E-state index in [2.05, 4.69) is 6.58 Å². The van der Waals surface area contributed by atoms with Gasteiger partial charge in [0.2, 0.25) is 0 Å². The van der Waals surface area contributed by atoms with Crippen LogP contribution in [-0.2, 0) is 11.2 Å². The molecule has 0 aliphatic carbocycles. The number of benzene rings is 1. The topological polar surface area (TPSA) is 26.3 Å². The molecule has 0 unspecified atom stereocenters. The zero-order valence-corrected chi connectivity index (χ0v) is 10.1. The summed E-state index contributed by atoms with van der Waals surface area (Å²) < 4.78 is 5.22. The van der Waals surface area contributed by atoms with Crippen LogP contribution in [0.15, 0.2) is 48.4 Å². The van der Waals surface area contributed by atoms with Gasteiger partial charge in [0, 0.05) is 4.88 Å². The molecule has 0 saturated heterocycles. The molecular formula is C14H12O2S. The molecule has 86 valence electrons. The lowest BCUT2D eigenvalue weighted by Crippen LogP contribution is -2.10. The van der Waals surface area contributed by atoms with Gasteiger partial charge in [0.25, 0.3) is 0 Å². The van der Waals surface area contributed by atoms with Gasteiger partial charge in [0.15, 0.2) is 0 Å². The SMILES string of the molecule is C=Cc1ccc(OC(=O)Cc2cccs2)cc1. The van der Waals surface area contributed by atoms with Crippen molar-refractivity contribution < 1.29 is 9.53 Å². The van der Waals surface area contributed by atoms with E-state index >= 15 is 0 Å². The second kappa shape index (κ2) is 5.46. The van der Waals surface area contributed by atoms with E-state index in [0.717, 1.165) is 10.4 Å². The molecule has 17 heavy (non-hydrogen) atoms. The lowest BCUT2D eigenvalue weighted by atomic mass is 10.2. The zero-order chi connectivity index (χ0) is 12.1. The van der Waals surface area contributed by atoms with Crippen LogP contribution in [0.25, 0.3) is 6.08 Å². The van der Waals surface area contributed by atoms with Gasteiger partial charge in [0.05, 0.1) is 6.42 Å². The number of hydrogen-bond donors (Lipinski definition) is 0. The highest BCUT2D eigenvalue weighted by Crippen LogP contribution is 2.15. The Labute approximate surface area is 104 Å². The Kier molecular flexibility index (Phi) is 3.73. The van der Waals surface area contributed by atoms with Crippen LogP contribution in [0.3, 0.4) is 0 Å². The Balaban J connectivity index is 1.95. The number of carbonyl (C=O) groups excluding carboxylic acids is 1. The lowest BCUT2D eigenvalue weighted by molar-refractivity contribution is -0.133. The van der Waals surface area contributed by atoms with E-state index in [0.29, 0.717) is 12.2 Å². The smallest absolute Gasteiger partial charge is 0.316 e. The molecule has 0 atom stereocenters. The normalized spacial score (nSPS) is 9.88. The van der Waals surface area contributed by atoms with Gasteiger partial charge >= 0.3 is 5.97 Å². The molecule has 0 spiro atoms. The largest absolute Gasteiger partial charge is 0.426 e. The highest BCUT2D eigenvalue weighted by molar-refractivity contribution is 7.10. The van der Waals surface area contributed by atoms with E-state index in [4.69, 9.17) is 4.74 Å². The fourth-order valence-corrected chi connectivity index (χ4v) is 2.09. The van der Waals surface area contributed by atoms with Gasteiger partial charge in [-0.1, -0.05) is 30.9 Å². The van der Waals surface area contributed by atoms with Crippen molar-refractivity contribution in [3.8, 4) is 5.75 Å². The Bertz CT molecular complexity index is 498. The molecule has 0 aliphatic heterocycles. The number of ether oxygens (including phenoxy) is 1. The molecule has 1 aromatic carbocycles. The van der Waals surface area contributed by atoms with Gasteiger partial charge in [-0.2, -0.15) is 0 Å². The average molecular weight is 244 g/mol. The zero-order valence-electron chi connectivity index (χ0n) is 9.26. The van der Waals surface area contributed by atoms with Crippen LogP contribution < -0.4 is 4.74 Å². The highest BCUT2D eigenvalue weighted by atomic mass is 32.1. The first-order chi connectivity index (χ1) is 8.28. The molecule has 0 saturated carbocycles. The molecule has 2 aromatic rings. The standard InChI is InChI=1S/C14H12O2S/c1-2-11-5-7-12(8-6-11)16-14(15)10-13-4-3-9-17-13/h2-9H,1,10H2. The van der Waals surface area contributed by atoms with Gasteiger partial charge in [0.1, 0.15) is 5.75 Å². The predicted molar refractivity (Wildman–Crippen MR) is 70.2 cm³/mol. The fraction of sp³-hybridized carbons (Fsp3) is 0.0714. The molecular weight excluding hydrogens is 232 g/mol. The van der Waals surface area contributed by atoms with E-state index in [9.17, 15) is 4.79 Å². The monoisotopic (exact) mass is 244 g/mol. The van der Waals surface area contributed by atoms with Gasteiger partial charge in [-0.15, -0.1) is 11.3 Å². The number of carbonyl (C=O) groups is 1. The van der Waals surface area contributed by atoms with Crippen LogP contribution in [0.4, 0.5) is 0 Å². The molecule has 2 nitrogen and oxygen atoms in total. The maximum Gasteiger partial charge on any atom is 0.316 e. The van der Waals surface area contributed by atoms with E-state index < -0.39 is 0 Å². The summed E-state index contributed by atoms with van der Waals surface area (Å²) in [6.07, 6.45) is 2.07. The Morgan fingerprint density at radius 3 is 2.65 bits per heavy atom. The minimum absolute atomic E-state index is 0.237. The van der Waals surface area contributed by atoms with Crippen molar-refractivity contribution in [2.45, 2.75) is 6.42 Å². The molecule has 0 N–H and O–H groups in total. The minimum Gasteiger partial charge on any atom is -0.426 e. The molecule has 0 aliphatic rings. The average Bonchev–Trinajstić information content (AvgIpc) is 2.82. The summed E-state index contributed by atoms with van der Waals surface area (Å²) in [6.45, 7) is 3.67. The Morgan fingerprint density at radius 2 is 2.06 bits per heavy atom. The quantitative estimate of drug-likeness (QED) is 0.607. The van der Waals surface area contributed by atoms with E-state index in [1.807, 2.05) is 29.6 Å². The van der Waals surface area contributed by atoms with Crippen LogP contribution in [0.2, 0.25) is 0 Å². The van der Waals surface area contributed by atoms with E-state index in [1.165, 1.54) is 0 Å². The molecule has 0 bridgehead atoms. The molecule has 3 heteroatoms. The minimum atomic E-state index is -0.237. The summed E-state index contributed by atoms with van der Waals surface area (Å²) in [7, 11) is 0.